The van der Waals surface area contributed by atoms with Crippen molar-refractivity contribution >= 4 is 29.9 Å². The molecule has 7 heteroatoms. The van der Waals surface area contributed by atoms with E-state index in [9.17, 15) is 0 Å². The Labute approximate surface area is 193 Å². The topological polar surface area (TPSA) is 55.3 Å². The summed E-state index contributed by atoms with van der Waals surface area (Å²) in [5.74, 6) is 0.960. The first kappa shape index (κ1) is 26.1. The van der Waals surface area contributed by atoms with Gasteiger partial charge < -0.3 is 24.4 Å². The fourth-order valence-electron chi connectivity index (χ4n) is 3.39. The first-order valence-corrected chi connectivity index (χ1v) is 10.5. The van der Waals surface area contributed by atoms with E-state index in [2.05, 4.69) is 46.4 Å². The zero-order chi connectivity index (χ0) is 20.0. The summed E-state index contributed by atoms with van der Waals surface area (Å²) in [5, 5.41) is 3.52. The number of rotatable bonds is 11. The lowest BCUT2D eigenvalue weighted by molar-refractivity contribution is 0.00989. The summed E-state index contributed by atoms with van der Waals surface area (Å²) in [4.78, 5) is 6.81. The van der Waals surface area contributed by atoms with Crippen LogP contribution >= 0.6 is 24.0 Å². The van der Waals surface area contributed by atoms with Crippen LogP contribution in [0.25, 0.3) is 0 Å². The molecule has 0 spiro atoms. The standard InChI is InChI=1S/C22H37N3O3.HI/c1-4-14-27-18-20-9-6-5-8-19(20)17-24-22(23-2)25-12-10-21(11-13-25)28-16-7-15-26-3;/h5-6,8-9,21H,4,7,10-18H2,1-3H3,(H,23,24);1H. The third-order valence-electron chi connectivity index (χ3n) is 4.96. The molecule has 166 valence electrons. The van der Waals surface area contributed by atoms with E-state index in [1.54, 1.807) is 7.11 Å². The molecule has 29 heavy (non-hydrogen) atoms. The Hall–Kier alpha value is -0.900. The second-order valence-electron chi connectivity index (χ2n) is 7.13. The zero-order valence-electron chi connectivity index (χ0n) is 18.2. The average molecular weight is 519 g/mol. The summed E-state index contributed by atoms with van der Waals surface area (Å²) < 4.78 is 16.8. The second kappa shape index (κ2) is 15.9. The van der Waals surface area contributed by atoms with Gasteiger partial charge in [0.05, 0.1) is 12.7 Å². The van der Waals surface area contributed by atoms with E-state index in [-0.39, 0.29) is 24.0 Å². The average Bonchev–Trinajstić information content (AvgIpc) is 2.74. The van der Waals surface area contributed by atoms with Gasteiger partial charge in [0.15, 0.2) is 5.96 Å². The Morgan fingerprint density at radius 1 is 1.14 bits per heavy atom. The minimum absolute atomic E-state index is 0. The summed E-state index contributed by atoms with van der Waals surface area (Å²) in [6.07, 6.45) is 4.42. The number of methoxy groups -OCH3 is 1. The van der Waals surface area contributed by atoms with Gasteiger partial charge in [-0.05, 0) is 36.8 Å². The number of benzene rings is 1. The molecule has 1 N–H and O–H groups in total. The van der Waals surface area contributed by atoms with Crippen molar-refractivity contribution in [2.24, 2.45) is 4.99 Å². The Balaban J connectivity index is 0.00000420. The Kier molecular flexibility index (Phi) is 14.3. The predicted molar refractivity (Wildman–Crippen MR) is 129 cm³/mol. The van der Waals surface area contributed by atoms with Gasteiger partial charge in [-0.3, -0.25) is 4.99 Å². The van der Waals surface area contributed by atoms with Crippen molar-refractivity contribution < 1.29 is 14.2 Å². The normalized spacial score (nSPS) is 15.3. The maximum absolute atomic E-state index is 5.96. The van der Waals surface area contributed by atoms with Crippen LogP contribution in [0.5, 0.6) is 0 Å². The minimum atomic E-state index is 0. The van der Waals surface area contributed by atoms with E-state index in [0.29, 0.717) is 12.7 Å². The maximum Gasteiger partial charge on any atom is 0.193 e. The molecule has 1 aromatic rings. The van der Waals surface area contributed by atoms with Crippen LogP contribution in [-0.4, -0.2) is 64.0 Å². The van der Waals surface area contributed by atoms with Crippen LogP contribution in [0.4, 0.5) is 0 Å². The molecule has 1 aliphatic rings. The van der Waals surface area contributed by atoms with E-state index in [1.807, 2.05) is 7.05 Å². The van der Waals surface area contributed by atoms with E-state index < -0.39 is 0 Å². The van der Waals surface area contributed by atoms with Gasteiger partial charge in [-0.15, -0.1) is 24.0 Å². The van der Waals surface area contributed by atoms with Crippen LogP contribution in [0.2, 0.25) is 0 Å². The molecule has 0 radical (unpaired) electrons. The molecule has 0 saturated carbocycles. The van der Waals surface area contributed by atoms with Gasteiger partial charge >= 0.3 is 0 Å². The van der Waals surface area contributed by atoms with Gasteiger partial charge in [0, 0.05) is 53.6 Å². The highest BCUT2D eigenvalue weighted by Crippen LogP contribution is 2.15. The molecule has 0 aromatic heterocycles. The van der Waals surface area contributed by atoms with Crippen molar-refractivity contribution in [3.8, 4) is 0 Å². The highest BCUT2D eigenvalue weighted by atomic mass is 127. The molecule has 1 heterocycles. The van der Waals surface area contributed by atoms with Crippen molar-refractivity contribution in [3.63, 3.8) is 0 Å². The largest absolute Gasteiger partial charge is 0.385 e. The summed E-state index contributed by atoms with van der Waals surface area (Å²) in [7, 11) is 3.58. The van der Waals surface area contributed by atoms with Crippen LogP contribution in [0, 0.1) is 0 Å². The number of nitrogens with one attached hydrogen (secondary N) is 1. The van der Waals surface area contributed by atoms with Gasteiger partial charge in [-0.1, -0.05) is 31.2 Å². The smallest absolute Gasteiger partial charge is 0.193 e. The molecule has 0 amide bonds. The van der Waals surface area contributed by atoms with E-state index in [0.717, 1.165) is 71.1 Å². The SMILES string of the molecule is CCCOCc1ccccc1CNC(=NC)N1CCC(OCCCOC)CC1.I. The molecular weight excluding hydrogens is 481 g/mol. The minimum Gasteiger partial charge on any atom is -0.385 e. The summed E-state index contributed by atoms with van der Waals surface area (Å²) in [6.45, 7) is 7.83. The lowest BCUT2D eigenvalue weighted by atomic mass is 10.1. The monoisotopic (exact) mass is 519 g/mol. The number of aliphatic imine (C=N–C) groups is 1. The number of nitrogens with zero attached hydrogens (tertiary/aromatic N) is 2. The van der Waals surface area contributed by atoms with Crippen molar-refractivity contribution in [2.45, 2.75) is 51.9 Å². The molecule has 6 nitrogen and oxygen atoms in total. The van der Waals surface area contributed by atoms with Gasteiger partial charge in [0.25, 0.3) is 0 Å². The first-order valence-electron chi connectivity index (χ1n) is 10.5. The number of guanidine groups is 1. The highest BCUT2D eigenvalue weighted by molar-refractivity contribution is 14.0. The fraction of sp³-hybridized carbons (Fsp3) is 0.682. The van der Waals surface area contributed by atoms with Crippen LogP contribution in [0.15, 0.2) is 29.3 Å². The Morgan fingerprint density at radius 2 is 1.86 bits per heavy atom. The van der Waals surface area contributed by atoms with Gasteiger partial charge in [-0.2, -0.15) is 0 Å². The lowest BCUT2D eigenvalue weighted by Crippen LogP contribution is -2.46. The second-order valence-corrected chi connectivity index (χ2v) is 7.13. The van der Waals surface area contributed by atoms with E-state index >= 15 is 0 Å². The lowest BCUT2D eigenvalue weighted by Gasteiger charge is -2.34. The third kappa shape index (κ3) is 9.63. The molecule has 0 unspecified atom stereocenters. The number of ether oxygens (including phenoxy) is 3. The zero-order valence-corrected chi connectivity index (χ0v) is 20.5. The first-order chi connectivity index (χ1) is 13.8. The molecule has 1 aliphatic heterocycles. The van der Waals surface area contributed by atoms with Crippen molar-refractivity contribution in [2.75, 3.05) is 47.1 Å². The molecule has 2 rings (SSSR count). The number of piperidine rings is 1. The van der Waals surface area contributed by atoms with Crippen LogP contribution in [-0.2, 0) is 27.4 Å². The predicted octanol–water partition coefficient (Wildman–Crippen LogP) is 3.82. The highest BCUT2D eigenvalue weighted by Gasteiger charge is 2.21. The van der Waals surface area contributed by atoms with Gasteiger partial charge in [0.1, 0.15) is 0 Å². The van der Waals surface area contributed by atoms with Crippen LogP contribution < -0.4 is 5.32 Å². The quantitative estimate of drug-likeness (QED) is 0.209. The summed E-state index contributed by atoms with van der Waals surface area (Å²) >= 11 is 0. The van der Waals surface area contributed by atoms with Crippen LogP contribution in [0.3, 0.4) is 0 Å². The van der Waals surface area contributed by atoms with Gasteiger partial charge in [-0.25, -0.2) is 0 Å². The maximum atomic E-state index is 5.96. The number of halogens is 1. The molecule has 1 fully saturated rings. The molecule has 0 atom stereocenters. The number of hydrogen-bond donors (Lipinski definition) is 1. The molecular formula is C22H38IN3O3. The van der Waals surface area contributed by atoms with Crippen molar-refractivity contribution in [1.82, 2.24) is 10.2 Å². The number of hydrogen-bond acceptors (Lipinski definition) is 4. The number of likely N-dealkylation sites (tertiary alicyclic amines) is 1. The molecule has 1 aromatic carbocycles. The summed E-state index contributed by atoms with van der Waals surface area (Å²) in [6, 6.07) is 8.45. The Bertz CT molecular complexity index is 578. The van der Waals surface area contributed by atoms with Crippen molar-refractivity contribution in [1.29, 1.82) is 0 Å². The van der Waals surface area contributed by atoms with E-state index in [1.165, 1.54) is 11.1 Å². The third-order valence-corrected chi connectivity index (χ3v) is 4.96. The Morgan fingerprint density at radius 3 is 2.52 bits per heavy atom. The molecule has 1 saturated heterocycles. The summed E-state index contributed by atoms with van der Waals surface area (Å²) in [5.41, 5.74) is 2.50. The fourth-order valence-corrected chi connectivity index (χ4v) is 3.39. The van der Waals surface area contributed by atoms with Crippen LogP contribution in [0.1, 0.15) is 43.7 Å². The molecule has 0 aliphatic carbocycles. The van der Waals surface area contributed by atoms with E-state index in [4.69, 9.17) is 14.2 Å². The van der Waals surface area contributed by atoms with Gasteiger partial charge in [0.2, 0.25) is 0 Å². The van der Waals surface area contributed by atoms with Crippen molar-refractivity contribution in [3.05, 3.63) is 35.4 Å². The molecule has 0 bridgehead atoms.